The first-order valence-corrected chi connectivity index (χ1v) is 40.5. The van der Waals surface area contributed by atoms with Crippen LogP contribution in [0.4, 0.5) is 5.69 Å². The third kappa shape index (κ3) is 29.9. The van der Waals surface area contributed by atoms with Gasteiger partial charge in [-0.2, -0.15) is 0 Å². The Hall–Kier alpha value is -12.5. The van der Waals surface area contributed by atoms with E-state index in [1.807, 2.05) is 0 Å². The lowest BCUT2D eigenvalue weighted by molar-refractivity contribution is -0.157. The van der Waals surface area contributed by atoms with Crippen LogP contribution in [0.15, 0.2) is 78.9 Å². The van der Waals surface area contributed by atoms with Crippen molar-refractivity contribution in [2.24, 2.45) is 23.5 Å². The number of rotatable bonds is 47. The van der Waals surface area contributed by atoms with E-state index in [2.05, 4.69) is 58.5 Å². The largest absolute Gasteiger partial charge is 0.481 e. The summed E-state index contributed by atoms with van der Waals surface area (Å²) in [6.45, 7) is 5.66. The molecule has 4 aliphatic rings. The molecule has 7 rings (SSSR count). The highest BCUT2D eigenvalue weighted by Gasteiger charge is 2.51. The van der Waals surface area contributed by atoms with Gasteiger partial charge in [-0.25, -0.2) is 4.79 Å². The van der Waals surface area contributed by atoms with Crippen LogP contribution in [0.2, 0.25) is 0 Å². The number of guanidine groups is 1. The Morgan fingerprint density at radius 1 is 0.508 bits per heavy atom. The topological polar surface area (TPSA) is 675 Å². The Balaban J connectivity index is 1.23. The summed E-state index contributed by atoms with van der Waals surface area (Å²) < 4.78 is 12.1. The number of nitrogens with one attached hydrogen (secondary N) is 12. The van der Waals surface area contributed by atoms with Crippen LogP contribution in [0, 0.1) is 23.2 Å². The number of carbonyl (C=O) groups excluding carboxylic acids is 12. The highest BCUT2D eigenvalue weighted by molar-refractivity contribution is 7.60. The monoisotopic (exact) mass is 1700 g/mol. The second-order valence-electron chi connectivity index (χ2n) is 30.1. The number of carbonyl (C=O) groups is 18. The van der Waals surface area contributed by atoms with Crippen LogP contribution in [0.25, 0.3) is 0 Å². The summed E-state index contributed by atoms with van der Waals surface area (Å²) in [6.07, 6.45) is -6.08. The van der Waals surface area contributed by atoms with Gasteiger partial charge >= 0.3 is 43.4 Å². The fourth-order valence-electron chi connectivity index (χ4n) is 14.2. The summed E-state index contributed by atoms with van der Waals surface area (Å²) in [5, 5.41) is 92.4. The number of amides is 12. The van der Waals surface area contributed by atoms with Crippen LogP contribution in [0.3, 0.4) is 0 Å². The Morgan fingerprint density at radius 3 is 1.48 bits per heavy atom. The van der Waals surface area contributed by atoms with Crippen molar-refractivity contribution < 1.29 is 131 Å². The molecule has 2 bridgehead atoms. The molecule has 12 amide bonds. The average Bonchev–Trinajstić information content (AvgIpc) is 0.786. The summed E-state index contributed by atoms with van der Waals surface area (Å²) >= 11 is 0. The van der Waals surface area contributed by atoms with Gasteiger partial charge in [-0.1, -0.05) is 76.6 Å². The lowest BCUT2D eigenvalue weighted by Crippen LogP contribution is -2.68. The predicted molar refractivity (Wildman–Crippen MR) is 421 cm³/mol. The molecule has 654 valence electrons. The first-order valence-electron chi connectivity index (χ1n) is 38.9. The van der Waals surface area contributed by atoms with Crippen molar-refractivity contribution in [1.82, 2.24) is 63.0 Å². The molecule has 3 aromatic carbocycles. The number of carboxylic acids is 6. The summed E-state index contributed by atoms with van der Waals surface area (Å²) in [6, 6.07) is -1.30. The maximum absolute atomic E-state index is 15.4. The minimum absolute atomic E-state index is 0.0652. The van der Waals surface area contributed by atoms with Crippen molar-refractivity contribution in [2.75, 3.05) is 18.4 Å². The lowest BCUT2D eigenvalue weighted by atomic mass is 9.73. The molecule has 22 N–H and O–H groups in total. The van der Waals surface area contributed by atoms with Gasteiger partial charge in [0, 0.05) is 62.4 Å². The van der Waals surface area contributed by atoms with E-state index >= 15 is 14.4 Å². The third-order valence-corrected chi connectivity index (χ3v) is 21.5. The van der Waals surface area contributed by atoms with Crippen LogP contribution in [0.1, 0.15) is 158 Å². The average molecular weight is 1700 g/mol. The highest BCUT2D eigenvalue weighted by Crippen LogP contribution is 2.41. The Bertz CT molecular complexity index is 4310. The maximum Gasteiger partial charge on any atom is 0.356 e. The van der Waals surface area contributed by atoms with Gasteiger partial charge in [0.1, 0.15) is 66.5 Å². The molecule has 120 heavy (non-hydrogen) atoms. The molecule has 4 fully saturated rings. The Labute approximate surface area is 687 Å². The van der Waals surface area contributed by atoms with Crippen molar-refractivity contribution in [3.05, 3.63) is 95.6 Å². The number of aliphatic carboxylic acids is 6. The van der Waals surface area contributed by atoms with Gasteiger partial charge in [-0.3, -0.25) is 91.5 Å². The molecular weight excluding hydrogens is 1600 g/mol. The predicted octanol–water partition coefficient (Wildman–Crippen LogP) is -1.76. The fourth-order valence-corrected chi connectivity index (χ4v) is 14.7. The molecule has 1 aliphatic carbocycles. The third-order valence-electron chi connectivity index (χ3n) is 20.6. The van der Waals surface area contributed by atoms with Gasteiger partial charge in [0.15, 0.2) is 5.96 Å². The molecular formula is C77H104N15O27P. The molecule has 3 heterocycles. The standard InChI is InChI=1S/C77H104N15O27P/c1-5-40(4)63(90-73(112)64-43-17-21-46(22-18-43)92(64)74(113)50(27-31-60(98)99)85-69(108)53(35-41-10-7-6-8-11-41)89-71(110)55(37-62(102)103)82-57(93)38-80-65(104)44-15-19-45(20-16-44)81-77(78)79)75(114)91-33-9-12-56(91)72(111)84-49(26-30-59(96)97)66(105)83-48(25-29-58(94)95)67(106)88-54(36-42-13-23-47(24-14-42)120(117,118)119)70(109)87-52(34-39(2)3)68(107)86-51(76(115)116)28-32-61(100)101/h6-8,10-11,13-16,19-20,23-24,39-40,43,46,48-56,63-64H,5,9,12,17-18,21-22,25-38H2,1-4H3,(H,80,104)(H,82,93)(H,83,105)(H,84,111)(H,85,108)(H,86,107)(H,87,109)(H,88,106)(H,89,110)(H,90,112)(H,94,95)(H,96,97)(H,98,99)(H,100,101)(H,102,103)(H,115,116)(H4,78,79,81)(H2,117,118,119)/t40-,43?,46?,48-,49-,50-,51+,52-,53-,54-,55-,56-,63-,64-/m0/s1. The first-order chi connectivity index (χ1) is 56.5. The fraction of sp³-hybridized carbons (Fsp3) is 0.519. The van der Waals surface area contributed by atoms with E-state index in [1.165, 1.54) is 41.3 Å². The molecule has 12 atom stereocenters. The first kappa shape index (κ1) is 96.4. The van der Waals surface area contributed by atoms with E-state index in [0.717, 1.165) is 17.0 Å². The van der Waals surface area contributed by atoms with Gasteiger partial charge in [-0.15, -0.1) is 0 Å². The van der Waals surface area contributed by atoms with Gasteiger partial charge in [0.25, 0.3) is 5.91 Å². The van der Waals surface area contributed by atoms with E-state index in [1.54, 1.807) is 58.0 Å². The van der Waals surface area contributed by atoms with Crippen molar-refractivity contribution in [3.63, 3.8) is 0 Å². The van der Waals surface area contributed by atoms with Gasteiger partial charge in [0.2, 0.25) is 65.0 Å². The zero-order valence-electron chi connectivity index (χ0n) is 66.3. The number of nitrogens with zero attached hydrogens (tertiary/aromatic N) is 2. The number of fused-ring (bicyclic) bond motifs is 3. The molecule has 3 aromatic rings. The van der Waals surface area contributed by atoms with Crippen molar-refractivity contribution in [2.45, 2.75) is 222 Å². The summed E-state index contributed by atoms with van der Waals surface area (Å²) in [7, 11) is -4.83. The summed E-state index contributed by atoms with van der Waals surface area (Å²) in [4.78, 5) is 267. The molecule has 0 spiro atoms. The number of anilines is 1. The number of benzene rings is 3. The van der Waals surface area contributed by atoms with E-state index < -0.39 is 281 Å². The molecule has 1 saturated carbocycles. The smallest absolute Gasteiger partial charge is 0.356 e. The van der Waals surface area contributed by atoms with Crippen LogP contribution in [-0.4, -0.2) is 248 Å². The van der Waals surface area contributed by atoms with Crippen LogP contribution >= 0.6 is 7.60 Å². The molecule has 0 aromatic heterocycles. The number of nitrogens with two attached hydrogens (primary N) is 1. The Morgan fingerprint density at radius 2 is 0.975 bits per heavy atom. The molecule has 3 saturated heterocycles. The number of hydrogen-bond acceptors (Lipinski definition) is 20. The van der Waals surface area contributed by atoms with E-state index in [0.29, 0.717) is 36.9 Å². The van der Waals surface area contributed by atoms with Gasteiger partial charge in [0.05, 0.1) is 18.3 Å². The van der Waals surface area contributed by atoms with Gasteiger partial charge in [-0.05, 0) is 136 Å². The number of piperidine rings is 2. The summed E-state index contributed by atoms with van der Waals surface area (Å²) in [5.41, 5.74) is 6.33. The quantitative estimate of drug-likeness (QED) is 0.0169. The summed E-state index contributed by atoms with van der Waals surface area (Å²) in [5.74, 6) is -23.6. The molecule has 43 heteroatoms. The van der Waals surface area contributed by atoms with Gasteiger partial charge < -0.3 is 114 Å². The molecule has 0 radical (unpaired) electrons. The zero-order valence-corrected chi connectivity index (χ0v) is 67.2. The molecule has 0 unspecified atom stereocenters. The minimum Gasteiger partial charge on any atom is -0.481 e. The van der Waals surface area contributed by atoms with Crippen LogP contribution < -0.4 is 69.5 Å². The number of hydrogen-bond donors (Lipinski definition) is 21. The SMILES string of the molecule is CC[C@H](C)[C@H](NC(=O)[C@@H]1C2CCC(CC2)N1C(=O)[C@H](CCC(=O)O)NC(=O)[C@H](Cc1ccccc1)NC(=O)[C@H](CC(=O)O)NC(=O)CNC(=O)c1ccc(NC(=N)N)cc1)C(=O)N1CCC[C@H]1C(=O)N[C@@H](CCC(=O)O)C(=O)N[C@@H](CCC(=O)O)C(=O)N[C@@H](Cc1ccc(P(=O)(O)O)cc1)C(=O)N[C@@H](CC(C)C)C(=O)N[C@H](CCC(=O)O)C(=O)O. The lowest BCUT2D eigenvalue weighted by Gasteiger charge is -2.51. The van der Waals surface area contributed by atoms with Crippen LogP contribution in [-0.2, 0) is 98.9 Å². The van der Waals surface area contributed by atoms with E-state index in [9.17, 15) is 117 Å². The van der Waals surface area contributed by atoms with Crippen molar-refractivity contribution in [1.29, 1.82) is 5.41 Å². The Kier molecular flexibility index (Phi) is 36.5. The van der Waals surface area contributed by atoms with E-state index in [4.69, 9.17) is 11.1 Å². The van der Waals surface area contributed by atoms with E-state index in [-0.39, 0.29) is 55.7 Å². The maximum atomic E-state index is 15.4. The molecule has 42 nitrogen and oxygen atoms in total. The normalized spacial score (nSPS) is 17.9. The minimum atomic E-state index is -4.83. The second-order valence-corrected chi connectivity index (χ2v) is 31.7. The number of likely N-dealkylation sites (tertiary alicyclic amines) is 1. The zero-order chi connectivity index (χ0) is 89.0. The molecule has 3 aliphatic heterocycles. The number of carboxylic acid groups (broad SMARTS) is 6. The highest BCUT2D eigenvalue weighted by atomic mass is 31.2. The van der Waals surface area contributed by atoms with Crippen molar-refractivity contribution in [3.8, 4) is 0 Å². The van der Waals surface area contributed by atoms with Crippen molar-refractivity contribution >= 4 is 131 Å². The second kappa shape index (κ2) is 45.5. The van der Waals surface area contributed by atoms with Crippen LogP contribution in [0.5, 0.6) is 0 Å².